The average molecular weight is 1030 g/mol. The molecule has 0 radical (unpaired) electrons. The molecule has 74 heavy (non-hydrogen) atoms. The van der Waals surface area contributed by atoms with Crippen LogP contribution in [-0.2, 0) is 28.6 Å². The molecule has 0 aromatic heterocycles. The van der Waals surface area contributed by atoms with Crippen LogP contribution in [0.15, 0.2) is 85.1 Å². The van der Waals surface area contributed by atoms with Crippen LogP contribution < -0.4 is 0 Å². The molecule has 0 saturated carbocycles. The van der Waals surface area contributed by atoms with E-state index in [1.165, 1.54) is 186 Å². The highest BCUT2D eigenvalue weighted by molar-refractivity contribution is 5.71. The molecule has 1 atom stereocenters. The third-order valence-electron chi connectivity index (χ3n) is 13.6. The largest absolute Gasteiger partial charge is 0.462 e. The molecule has 0 spiro atoms. The number of unbranched alkanes of at least 4 members (excludes halogenated alkanes) is 32. The van der Waals surface area contributed by atoms with Gasteiger partial charge in [0.25, 0.3) is 0 Å². The second kappa shape index (κ2) is 62.1. The Kier molecular flexibility index (Phi) is 59.3. The van der Waals surface area contributed by atoms with Crippen LogP contribution in [0.1, 0.15) is 310 Å². The van der Waals surface area contributed by atoms with E-state index >= 15 is 0 Å². The molecule has 0 amide bonds. The third kappa shape index (κ3) is 59.5. The maximum absolute atomic E-state index is 12.9. The number of carbonyl (C=O) groups excluding carboxylic acids is 3. The zero-order chi connectivity index (χ0) is 53.6. The first-order valence-electron chi connectivity index (χ1n) is 31.6. The number of rotatable bonds is 57. The van der Waals surface area contributed by atoms with E-state index < -0.39 is 6.10 Å². The van der Waals surface area contributed by atoms with Gasteiger partial charge in [0.05, 0.1) is 0 Å². The molecule has 0 bridgehead atoms. The number of hydrogen-bond donors (Lipinski definition) is 0. The summed E-state index contributed by atoms with van der Waals surface area (Å²) in [6, 6.07) is 0. The standard InChI is InChI=1S/C68H118O6/c1-4-7-10-13-16-19-22-25-28-31-33-34-35-38-40-43-46-49-52-55-58-61-67(70)73-64-65(63-72-66(69)60-57-54-51-48-45-42-39-36-30-27-24-21-18-15-12-9-6-3)74-68(71)62-59-56-53-50-47-44-41-37-32-29-26-23-20-17-14-11-8-5-2/h9,12,18,21,27,29-33,39,42,48,51,65H,4-8,10-11,13-17,19-20,22-26,28,34-38,40-41,43-47,49-50,52-64H2,1-3H3/b12-9-,21-18-,30-27-,32-29-,33-31-,42-39-,51-48-. The maximum Gasteiger partial charge on any atom is 0.306 e. The van der Waals surface area contributed by atoms with E-state index in [1.54, 1.807) is 0 Å². The third-order valence-corrected chi connectivity index (χ3v) is 13.6. The van der Waals surface area contributed by atoms with E-state index in [9.17, 15) is 14.4 Å². The molecule has 6 nitrogen and oxygen atoms in total. The Labute approximate surface area is 458 Å². The van der Waals surface area contributed by atoms with Crippen molar-refractivity contribution in [1.82, 2.24) is 0 Å². The van der Waals surface area contributed by atoms with Crippen LogP contribution in [0.4, 0.5) is 0 Å². The molecule has 1 unspecified atom stereocenters. The van der Waals surface area contributed by atoms with Crippen LogP contribution in [0.3, 0.4) is 0 Å². The first-order valence-corrected chi connectivity index (χ1v) is 31.6. The molecule has 0 aliphatic carbocycles. The highest BCUT2D eigenvalue weighted by Crippen LogP contribution is 2.16. The van der Waals surface area contributed by atoms with Gasteiger partial charge in [-0.3, -0.25) is 14.4 Å². The van der Waals surface area contributed by atoms with Crippen LogP contribution in [0.2, 0.25) is 0 Å². The van der Waals surface area contributed by atoms with Gasteiger partial charge in [-0.15, -0.1) is 0 Å². The van der Waals surface area contributed by atoms with Crippen molar-refractivity contribution < 1.29 is 28.6 Å². The predicted molar refractivity (Wildman–Crippen MR) is 321 cm³/mol. The lowest BCUT2D eigenvalue weighted by Crippen LogP contribution is -2.30. The summed E-state index contributed by atoms with van der Waals surface area (Å²) in [6.45, 7) is 6.50. The summed E-state index contributed by atoms with van der Waals surface area (Å²) < 4.78 is 16.9. The number of carbonyl (C=O) groups is 3. The van der Waals surface area contributed by atoms with Gasteiger partial charge >= 0.3 is 17.9 Å². The van der Waals surface area contributed by atoms with Crippen molar-refractivity contribution in [3.8, 4) is 0 Å². The minimum absolute atomic E-state index is 0.0960. The van der Waals surface area contributed by atoms with Crippen molar-refractivity contribution in [2.75, 3.05) is 13.2 Å². The lowest BCUT2D eigenvalue weighted by Gasteiger charge is -2.18. The van der Waals surface area contributed by atoms with Crippen LogP contribution in [0.25, 0.3) is 0 Å². The summed E-state index contributed by atoms with van der Waals surface area (Å²) >= 11 is 0. The minimum atomic E-state index is -0.804. The summed E-state index contributed by atoms with van der Waals surface area (Å²) in [6.07, 6.45) is 81.6. The molecule has 0 N–H and O–H groups in total. The highest BCUT2D eigenvalue weighted by Gasteiger charge is 2.19. The number of allylic oxidation sites excluding steroid dienone is 14. The molecule has 0 aromatic rings. The molecule has 0 heterocycles. The molecule has 426 valence electrons. The van der Waals surface area contributed by atoms with Gasteiger partial charge in [-0.25, -0.2) is 0 Å². The summed E-state index contributed by atoms with van der Waals surface area (Å²) in [5, 5.41) is 0. The van der Waals surface area contributed by atoms with Crippen molar-refractivity contribution in [2.24, 2.45) is 0 Å². The Morgan fingerprint density at radius 3 is 0.892 bits per heavy atom. The smallest absolute Gasteiger partial charge is 0.306 e. The first kappa shape index (κ1) is 70.6. The van der Waals surface area contributed by atoms with E-state index in [0.29, 0.717) is 19.3 Å². The highest BCUT2D eigenvalue weighted by atomic mass is 16.6. The summed E-state index contributed by atoms with van der Waals surface area (Å²) in [5.74, 6) is -0.952. The lowest BCUT2D eigenvalue weighted by molar-refractivity contribution is -0.167. The van der Waals surface area contributed by atoms with Crippen LogP contribution >= 0.6 is 0 Å². The molecule has 0 aliphatic rings. The van der Waals surface area contributed by atoms with Crippen molar-refractivity contribution in [3.05, 3.63) is 85.1 Å². The molecule has 0 aliphatic heterocycles. The topological polar surface area (TPSA) is 78.9 Å². The Bertz CT molecular complexity index is 1420. The Morgan fingerprint density at radius 1 is 0.284 bits per heavy atom. The van der Waals surface area contributed by atoms with Gasteiger partial charge in [-0.05, 0) is 109 Å². The fraction of sp³-hybridized carbons (Fsp3) is 0.750. The van der Waals surface area contributed by atoms with Gasteiger partial charge in [-0.1, -0.05) is 266 Å². The monoisotopic (exact) mass is 1030 g/mol. The fourth-order valence-electron chi connectivity index (χ4n) is 8.88. The normalized spacial score (nSPS) is 12.6. The first-order chi connectivity index (χ1) is 36.5. The Hall–Kier alpha value is -3.41. The van der Waals surface area contributed by atoms with Gasteiger partial charge in [0.1, 0.15) is 13.2 Å². The van der Waals surface area contributed by atoms with Gasteiger partial charge in [-0.2, -0.15) is 0 Å². The molecular formula is C68H118O6. The van der Waals surface area contributed by atoms with Gasteiger partial charge < -0.3 is 14.2 Å². The average Bonchev–Trinajstić information content (AvgIpc) is 3.40. The second-order valence-corrected chi connectivity index (χ2v) is 20.9. The van der Waals surface area contributed by atoms with Crippen molar-refractivity contribution in [3.63, 3.8) is 0 Å². The van der Waals surface area contributed by atoms with Crippen molar-refractivity contribution in [1.29, 1.82) is 0 Å². The summed E-state index contributed by atoms with van der Waals surface area (Å²) in [4.78, 5) is 38.3. The van der Waals surface area contributed by atoms with E-state index in [0.717, 1.165) is 77.0 Å². The van der Waals surface area contributed by atoms with E-state index in [4.69, 9.17) is 14.2 Å². The van der Waals surface area contributed by atoms with Crippen LogP contribution in [-0.4, -0.2) is 37.2 Å². The summed E-state index contributed by atoms with van der Waals surface area (Å²) in [5.41, 5.74) is 0. The van der Waals surface area contributed by atoms with Crippen LogP contribution in [0, 0.1) is 0 Å². The number of esters is 3. The van der Waals surface area contributed by atoms with Gasteiger partial charge in [0, 0.05) is 19.3 Å². The number of ether oxygens (including phenoxy) is 3. The molecular weight excluding hydrogens is 913 g/mol. The molecule has 0 fully saturated rings. The van der Waals surface area contributed by atoms with Gasteiger partial charge in [0.2, 0.25) is 0 Å². The quantitative estimate of drug-likeness (QED) is 0.0261. The Balaban J connectivity index is 4.43. The predicted octanol–water partition coefficient (Wildman–Crippen LogP) is 21.5. The second-order valence-electron chi connectivity index (χ2n) is 20.9. The molecule has 0 rings (SSSR count). The van der Waals surface area contributed by atoms with Crippen molar-refractivity contribution >= 4 is 17.9 Å². The fourth-order valence-corrected chi connectivity index (χ4v) is 8.88. The maximum atomic E-state index is 12.9. The molecule has 0 saturated heterocycles. The van der Waals surface area contributed by atoms with E-state index in [2.05, 4.69) is 106 Å². The molecule has 0 aromatic carbocycles. The molecule has 6 heteroatoms. The SMILES string of the molecule is CC/C=C\C/C=C\C/C=C\C/C=C\C/C=C\CCCC(=O)OCC(COC(=O)CCCCCCCCCCC/C=C\CCCCCCCCCC)OC(=O)CCCCCCCCC/C=C\CCCCCCCCC. The number of hydrogen-bond acceptors (Lipinski definition) is 6. The van der Waals surface area contributed by atoms with Crippen LogP contribution in [0.5, 0.6) is 0 Å². The lowest BCUT2D eigenvalue weighted by atomic mass is 10.1. The zero-order valence-electron chi connectivity index (χ0n) is 48.8. The van der Waals surface area contributed by atoms with E-state index in [1.807, 2.05) is 0 Å². The zero-order valence-corrected chi connectivity index (χ0v) is 48.8. The van der Waals surface area contributed by atoms with E-state index in [-0.39, 0.29) is 37.5 Å². The minimum Gasteiger partial charge on any atom is -0.462 e. The van der Waals surface area contributed by atoms with Gasteiger partial charge in [0.15, 0.2) is 6.10 Å². The van der Waals surface area contributed by atoms with Crippen molar-refractivity contribution in [2.45, 2.75) is 316 Å². The summed E-state index contributed by atoms with van der Waals surface area (Å²) in [7, 11) is 0. The Morgan fingerprint density at radius 2 is 0.541 bits per heavy atom.